The van der Waals surface area contributed by atoms with E-state index in [0.29, 0.717) is 18.5 Å². The van der Waals surface area contributed by atoms with Crippen LogP contribution in [-0.4, -0.2) is 23.7 Å². The fourth-order valence-electron chi connectivity index (χ4n) is 2.35. The zero-order chi connectivity index (χ0) is 12.0. The van der Waals surface area contributed by atoms with Gasteiger partial charge in [0.15, 0.2) is 0 Å². The third-order valence-corrected chi connectivity index (χ3v) is 3.37. The second-order valence-corrected chi connectivity index (χ2v) is 4.93. The minimum absolute atomic E-state index is 0.555. The van der Waals surface area contributed by atoms with E-state index in [4.69, 9.17) is 5.11 Å². The average molecular weight is 225 g/mol. The normalized spacial score (nSPS) is 27.5. The van der Waals surface area contributed by atoms with Crippen molar-refractivity contribution < 1.29 is 9.90 Å². The van der Waals surface area contributed by atoms with Crippen LogP contribution >= 0.6 is 0 Å². The molecular formula is C13H23NO2. The Morgan fingerprint density at radius 2 is 2.06 bits per heavy atom. The summed E-state index contributed by atoms with van der Waals surface area (Å²) in [6.07, 6.45) is 7.77. The molecule has 0 aliphatic heterocycles. The van der Waals surface area contributed by atoms with Crippen LogP contribution < -0.4 is 5.32 Å². The van der Waals surface area contributed by atoms with Crippen LogP contribution in [0.3, 0.4) is 0 Å². The summed E-state index contributed by atoms with van der Waals surface area (Å²) in [5.41, 5.74) is 0.893. The van der Waals surface area contributed by atoms with Gasteiger partial charge in [-0.25, -0.2) is 4.79 Å². The molecule has 3 nitrogen and oxygen atoms in total. The minimum Gasteiger partial charge on any atom is -0.478 e. The largest absolute Gasteiger partial charge is 0.478 e. The third-order valence-electron chi connectivity index (χ3n) is 3.37. The summed E-state index contributed by atoms with van der Waals surface area (Å²) in [5.74, 6) is -0.145. The van der Waals surface area contributed by atoms with Crippen LogP contribution in [0.1, 0.15) is 46.0 Å². The summed E-state index contributed by atoms with van der Waals surface area (Å²) in [4.78, 5) is 10.5. The van der Waals surface area contributed by atoms with Crippen molar-refractivity contribution in [3.8, 4) is 0 Å². The number of carbonyl (C=O) groups is 1. The smallest absolute Gasteiger partial charge is 0.328 e. The van der Waals surface area contributed by atoms with Crippen molar-refractivity contribution in [2.45, 2.75) is 52.0 Å². The lowest BCUT2D eigenvalue weighted by atomic mass is 9.97. The lowest BCUT2D eigenvalue weighted by molar-refractivity contribution is -0.131. The SMILES string of the molecule is CC(=CC(=O)O)CNC1CCCCCC1C. The second-order valence-electron chi connectivity index (χ2n) is 4.93. The first kappa shape index (κ1) is 13.2. The van der Waals surface area contributed by atoms with Crippen molar-refractivity contribution in [3.05, 3.63) is 11.6 Å². The molecule has 0 heterocycles. The van der Waals surface area contributed by atoms with Gasteiger partial charge in [-0.15, -0.1) is 0 Å². The van der Waals surface area contributed by atoms with E-state index in [-0.39, 0.29) is 0 Å². The van der Waals surface area contributed by atoms with Crippen molar-refractivity contribution in [3.63, 3.8) is 0 Å². The summed E-state index contributed by atoms with van der Waals surface area (Å²) in [7, 11) is 0. The van der Waals surface area contributed by atoms with Gasteiger partial charge in [0.1, 0.15) is 0 Å². The van der Waals surface area contributed by atoms with Gasteiger partial charge in [-0.1, -0.05) is 31.8 Å². The first-order chi connectivity index (χ1) is 7.59. The molecule has 0 spiro atoms. The summed E-state index contributed by atoms with van der Waals surface area (Å²) in [6.45, 7) is 4.85. The van der Waals surface area contributed by atoms with Crippen molar-refractivity contribution in [1.29, 1.82) is 0 Å². The first-order valence-electron chi connectivity index (χ1n) is 6.23. The Kier molecular flexibility index (Phi) is 5.53. The predicted octanol–water partition coefficient (Wildman–Crippen LogP) is 2.58. The van der Waals surface area contributed by atoms with Gasteiger partial charge in [0, 0.05) is 18.7 Å². The fraction of sp³-hybridized carbons (Fsp3) is 0.769. The molecule has 16 heavy (non-hydrogen) atoms. The van der Waals surface area contributed by atoms with Crippen molar-refractivity contribution >= 4 is 5.97 Å². The summed E-state index contributed by atoms with van der Waals surface area (Å²) < 4.78 is 0. The maximum atomic E-state index is 10.5. The number of aliphatic carboxylic acids is 1. The van der Waals surface area contributed by atoms with Gasteiger partial charge in [0.05, 0.1) is 0 Å². The fourth-order valence-corrected chi connectivity index (χ4v) is 2.35. The van der Waals surface area contributed by atoms with E-state index in [1.165, 1.54) is 38.2 Å². The molecule has 3 heteroatoms. The zero-order valence-electron chi connectivity index (χ0n) is 10.3. The quantitative estimate of drug-likeness (QED) is 0.571. The molecule has 1 fully saturated rings. The van der Waals surface area contributed by atoms with Gasteiger partial charge in [-0.3, -0.25) is 0 Å². The van der Waals surface area contributed by atoms with Crippen molar-refractivity contribution in [2.24, 2.45) is 5.92 Å². The number of hydrogen-bond donors (Lipinski definition) is 2. The Hall–Kier alpha value is -0.830. The van der Waals surface area contributed by atoms with E-state index >= 15 is 0 Å². The molecule has 2 N–H and O–H groups in total. The number of hydrogen-bond acceptors (Lipinski definition) is 2. The topological polar surface area (TPSA) is 49.3 Å². The van der Waals surface area contributed by atoms with Crippen LogP contribution in [0.4, 0.5) is 0 Å². The van der Waals surface area contributed by atoms with Crippen LogP contribution in [0.25, 0.3) is 0 Å². The Labute approximate surface area is 97.9 Å². The number of rotatable bonds is 4. The Morgan fingerprint density at radius 3 is 2.75 bits per heavy atom. The van der Waals surface area contributed by atoms with Gasteiger partial charge in [-0.2, -0.15) is 0 Å². The van der Waals surface area contributed by atoms with Gasteiger partial charge in [0.2, 0.25) is 0 Å². The zero-order valence-corrected chi connectivity index (χ0v) is 10.3. The first-order valence-corrected chi connectivity index (χ1v) is 6.23. The molecule has 1 saturated carbocycles. The number of carboxylic acids is 1. The van der Waals surface area contributed by atoms with E-state index < -0.39 is 5.97 Å². The van der Waals surface area contributed by atoms with E-state index in [0.717, 1.165) is 5.57 Å². The maximum Gasteiger partial charge on any atom is 0.328 e. The van der Waals surface area contributed by atoms with E-state index in [1.54, 1.807) is 0 Å². The standard InChI is InChI=1S/C13H23NO2/c1-10(8-13(15)16)9-14-12-7-5-3-4-6-11(12)2/h8,11-12,14H,3-7,9H2,1-2H3,(H,15,16). The Bertz CT molecular complexity index is 261. The molecule has 0 aromatic carbocycles. The lowest BCUT2D eigenvalue weighted by Crippen LogP contribution is -2.35. The molecule has 2 unspecified atom stereocenters. The van der Waals surface area contributed by atoms with Gasteiger partial charge >= 0.3 is 5.97 Å². The van der Waals surface area contributed by atoms with Gasteiger partial charge in [0.25, 0.3) is 0 Å². The Balaban J connectivity index is 2.37. The van der Waals surface area contributed by atoms with E-state index in [9.17, 15) is 4.79 Å². The van der Waals surface area contributed by atoms with Crippen LogP contribution in [0.15, 0.2) is 11.6 Å². The highest BCUT2D eigenvalue weighted by Gasteiger charge is 2.18. The summed E-state index contributed by atoms with van der Waals surface area (Å²) in [6, 6.07) is 0.555. The van der Waals surface area contributed by atoms with E-state index in [1.807, 2.05) is 6.92 Å². The summed E-state index contributed by atoms with van der Waals surface area (Å²) >= 11 is 0. The van der Waals surface area contributed by atoms with E-state index in [2.05, 4.69) is 12.2 Å². The van der Waals surface area contributed by atoms with Crippen LogP contribution in [0, 0.1) is 5.92 Å². The molecule has 1 rings (SSSR count). The predicted molar refractivity (Wildman–Crippen MR) is 65.4 cm³/mol. The molecule has 0 amide bonds. The van der Waals surface area contributed by atoms with Crippen LogP contribution in [0.5, 0.6) is 0 Å². The maximum absolute atomic E-state index is 10.5. The summed E-state index contributed by atoms with van der Waals surface area (Å²) in [5, 5.41) is 12.1. The highest BCUT2D eigenvalue weighted by atomic mass is 16.4. The molecule has 1 aliphatic carbocycles. The van der Waals surface area contributed by atoms with Gasteiger partial charge in [-0.05, 0) is 25.7 Å². The molecular weight excluding hydrogens is 202 g/mol. The van der Waals surface area contributed by atoms with Crippen LogP contribution in [-0.2, 0) is 4.79 Å². The molecule has 0 saturated heterocycles. The minimum atomic E-state index is -0.854. The van der Waals surface area contributed by atoms with Crippen LogP contribution in [0.2, 0.25) is 0 Å². The molecule has 1 aliphatic rings. The Morgan fingerprint density at radius 1 is 1.38 bits per heavy atom. The molecule has 0 aromatic rings. The monoisotopic (exact) mass is 225 g/mol. The average Bonchev–Trinajstić information content (AvgIpc) is 2.39. The molecule has 0 radical (unpaired) electrons. The molecule has 0 bridgehead atoms. The van der Waals surface area contributed by atoms with Crippen molar-refractivity contribution in [1.82, 2.24) is 5.32 Å². The second kappa shape index (κ2) is 6.69. The van der Waals surface area contributed by atoms with Gasteiger partial charge < -0.3 is 10.4 Å². The lowest BCUT2D eigenvalue weighted by Gasteiger charge is -2.23. The number of carboxylic acid groups (broad SMARTS) is 1. The molecule has 0 aromatic heterocycles. The van der Waals surface area contributed by atoms with Crippen molar-refractivity contribution in [2.75, 3.05) is 6.54 Å². The molecule has 92 valence electrons. The highest BCUT2D eigenvalue weighted by Crippen LogP contribution is 2.22. The number of nitrogens with one attached hydrogen (secondary N) is 1. The third kappa shape index (κ3) is 4.79. The highest BCUT2D eigenvalue weighted by molar-refractivity contribution is 5.80. The molecule has 2 atom stereocenters.